The molecule has 3 aromatic carbocycles. The van der Waals surface area contributed by atoms with Gasteiger partial charge < -0.3 is 20.5 Å². The van der Waals surface area contributed by atoms with Gasteiger partial charge >= 0.3 is 12.0 Å². The van der Waals surface area contributed by atoms with Crippen molar-refractivity contribution in [2.75, 3.05) is 10.6 Å². The second-order valence-corrected chi connectivity index (χ2v) is 7.74. The van der Waals surface area contributed by atoms with Gasteiger partial charge in [0.25, 0.3) is 0 Å². The van der Waals surface area contributed by atoms with Gasteiger partial charge in [0.1, 0.15) is 17.7 Å². The number of amides is 2. The number of hydrogen-bond donors (Lipinski definition) is 3. The molecule has 0 fully saturated rings. The number of carboxylic acid groups (broad SMARTS) is 1. The molecule has 2 unspecified atom stereocenters. The normalized spacial score (nSPS) is 12.5. The number of urea groups is 1. The quantitative estimate of drug-likeness (QED) is 0.344. The average molecular weight is 451 g/mol. The third-order valence-electron chi connectivity index (χ3n) is 5.24. The predicted octanol–water partition coefficient (Wildman–Crippen LogP) is 6.58. The van der Waals surface area contributed by atoms with Crippen LogP contribution in [0.2, 0.25) is 0 Å². The number of rotatable bonds is 9. The number of anilines is 2. The number of ether oxygens (including phenoxy) is 1. The summed E-state index contributed by atoms with van der Waals surface area (Å²) < 4.78 is 20.2. The fraction of sp³-hybridized carbons (Fsp3) is 0.231. The molecule has 2 amide bonds. The van der Waals surface area contributed by atoms with Crippen molar-refractivity contribution in [1.29, 1.82) is 0 Å². The van der Waals surface area contributed by atoms with Gasteiger partial charge in [-0.25, -0.2) is 9.18 Å². The molecule has 0 spiro atoms. The number of hydrogen-bond acceptors (Lipinski definition) is 3. The van der Waals surface area contributed by atoms with Crippen LogP contribution in [0.4, 0.5) is 20.6 Å². The molecule has 33 heavy (non-hydrogen) atoms. The Balaban J connectivity index is 1.88. The summed E-state index contributed by atoms with van der Waals surface area (Å²) in [7, 11) is 0. The van der Waals surface area contributed by atoms with Crippen molar-refractivity contribution < 1.29 is 23.8 Å². The number of carbonyl (C=O) groups is 2. The van der Waals surface area contributed by atoms with Gasteiger partial charge in [0.2, 0.25) is 0 Å². The zero-order chi connectivity index (χ0) is 23.8. The maximum absolute atomic E-state index is 13.9. The van der Waals surface area contributed by atoms with Crippen molar-refractivity contribution in [3.63, 3.8) is 0 Å². The third-order valence-corrected chi connectivity index (χ3v) is 5.24. The van der Waals surface area contributed by atoms with Crippen LogP contribution in [0.15, 0.2) is 72.8 Å². The fourth-order valence-corrected chi connectivity index (χ4v) is 3.48. The molecule has 6 nitrogen and oxygen atoms in total. The lowest BCUT2D eigenvalue weighted by molar-refractivity contribution is -0.137. The summed E-state index contributed by atoms with van der Waals surface area (Å²) >= 11 is 0. The van der Waals surface area contributed by atoms with E-state index in [0.717, 1.165) is 11.1 Å². The molecular formula is C26H27FN2O4. The molecule has 0 aliphatic carbocycles. The molecule has 2 atom stereocenters. The summed E-state index contributed by atoms with van der Waals surface area (Å²) in [5.41, 5.74) is 2.14. The van der Waals surface area contributed by atoms with E-state index in [9.17, 15) is 14.0 Å². The van der Waals surface area contributed by atoms with Gasteiger partial charge in [0.05, 0.1) is 17.8 Å². The van der Waals surface area contributed by atoms with E-state index in [-0.39, 0.29) is 24.1 Å². The lowest BCUT2D eigenvalue weighted by atomic mass is 9.97. The first kappa shape index (κ1) is 23.8. The highest BCUT2D eigenvalue weighted by Gasteiger charge is 2.18. The highest BCUT2D eigenvalue weighted by atomic mass is 19.1. The monoisotopic (exact) mass is 450 g/mol. The lowest BCUT2D eigenvalue weighted by Crippen LogP contribution is -2.21. The van der Waals surface area contributed by atoms with Gasteiger partial charge in [-0.3, -0.25) is 4.79 Å². The summed E-state index contributed by atoms with van der Waals surface area (Å²) in [5.74, 6) is -1.31. The van der Waals surface area contributed by atoms with Gasteiger partial charge in [-0.15, -0.1) is 0 Å². The van der Waals surface area contributed by atoms with Crippen molar-refractivity contribution in [2.24, 2.45) is 0 Å². The molecule has 0 heterocycles. The van der Waals surface area contributed by atoms with E-state index in [4.69, 9.17) is 9.84 Å². The molecule has 3 aromatic rings. The molecule has 0 radical (unpaired) electrons. The first-order valence-corrected chi connectivity index (χ1v) is 10.8. The van der Waals surface area contributed by atoms with Crippen LogP contribution in [-0.2, 0) is 4.79 Å². The van der Waals surface area contributed by atoms with Crippen LogP contribution in [0.1, 0.15) is 49.8 Å². The van der Waals surface area contributed by atoms with Crippen LogP contribution < -0.4 is 15.4 Å². The number of halogens is 1. The van der Waals surface area contributed by atoms with E-state index < -0.39 is 17.8 Å². The van der Waals surface area contributed by atoms with E-state index in [1.54, 1.807) is 31.2 Å². The Bertz CT molecular complexity index is 1100. The van der Waals surface area contributed by atoms with Crippen LogP contribution >= 0.6 is 0 Å². The van der Waals surface area contributed by atoms with E-state index in [0.29, 0.717) is 17.9 Å². The van der Waals surface area contributed by atoms with Crippen LogP contribution in [0.3, 0.4) is 0 Å². The highest BCUT2D eigenvalue weighted by molar-refractivity contribution is 6.00. The minimum atomic E-state index is -0.912. The van der Waals surface area contributed by atoms with Crippen LogP contribution in [0, 0.1) is 5.82 Å². The van der Waals surface area contributed by atoms with Crippen molar-refractivity contribution in [3.8, 4) is 5.75 Å². The van der Waals surface area contributed by atoms with E-state index >= 15 is 0 Å². The molecule has 7 heteroatoms. The second-order valence-electron chi connectivity index (χ2n) is 7.74. The number of carbonyl (C=O) groups excluding carboxylic acids is 1. The zero-order valence-electron chi connectivity index (χ0n) is 18.5. The minimum Gasteiger partial charge on any atom is -0.484 e. The molecule has 3 N–H and O–H groups in total. The summed E-state index contributed by atoms with van der Waals surface area (Å²) in [6, 6.07) is 20.2. The van der Waals surface area contributed by atoms with Crippen molar-refractivity contribution in [3.05, 3.63) is 89.7 Å². The Labute approximate surface area is 192 Å². The Kier molecular flexibility index (Phi) is 8.02. The van der Waals surface area contributed by atoms with Gasteiger partial charge in [-0.2, -0.15) is 0 Å². The molecule has 0 aliphatic heterocycles. The van der Waals surface area contributed by atoms with Gasteiger partial charge in [0.15, 0.2) is 0 Å². The van der Waals surface area contributed by atoms with E-state index in [2.05, 4.69) is 10.6 Å². The molecule has 0 saturated carbocycles. The topological polar surface area (TPSA) is 87.7 Å². The molecule has 0 aromatic heterocycles. The van der Waals surface area contributed by atoms with Gasteiger partial charge in [-0.05, 0) is 47.7 Å². The predicted molar refractivity (Wildman–Crippen MR) is 126 cm³/mol. The van der Waals surface area contributed by atoms with E-state index in [1.165, 1.54) is 18.2 Å². The third kappa shape index (κ3) is 6.55. The van der Waals surface area contributed by atoms with Crippen LogP contribution in [0.5, 0.6) is 5.75 Å². The van der Waals surface area contributed by atoms with Crippen molar-refractivity contribution in [1.82, 2.24) is 0 Å². The first-order chi connectivity index (χ1) is 15.9. The number of aliphatic carboxylic acids is 1. The standard InChI is InChI=1S/C26H27FN2O4/c1-3-23(18-9-5-4-6-10-18)33-24-14-13-19(17(2)15-25(30)31)16-22(24)29-26(32)28-21-12-8-7-11-20(21)27/h4-14,16-17,23H,3,15H2,1-2H3,(H,30,31)(H2,28,29,32). The first-order valence-electron chi connectivity index (χ1n) is 10.8. The van der Waals surface area contributed by atoms with Gasteiger partial charge in [-0.1, -0.05) is 62.4 Å². The van der Waals surface area contributed by atoms with E-state index in [1.807, 2.05) is 37.3 Å². The SMILES string of the molecule is CCC(Oc1ccc(C(C)CC(=O)O)cc1NC(=O)Nc1ccccc1F)c1ccccc1. The van der Waals surface area contributed by atoms with Crippen LogP contribution in [-0.4, -0.2) is 17.1 Å². The summed E-state index contributed by atoms with van der Waals surface area (Å²) in [6.07, 6.45) is 0.397. The highest BCUT2D eigenvalue weighted by Crippen LogP contribution is 2.34. The molecule has 0 aliphatic rings. The Hall–Kier alpha value is -3.87. The smallest absolute Gasteiger partial charge is 0.323 e. The number of nitrogens with one attached hydrogen (secondary N) is 2. The number of benzene rings is 3. The maximum Gasteiger partial charge on any atom is 0.323 e. The molecule has 172 valence electrons. The zero-order valence-corrected chi connectivity index (χ0v) is 18.5. The van der Waals surface area contributed by atoms with Gasteiger partial charge in [0, 0.05) is 0 Å². The summed E-state index contributed by atoms with van der Waals surface area (Å²) in [6.45, 7) is 3.80. The van der Waals surface area contributed by atoms with Crippen LogP contribution in [0.25, 0.3) is 0 Å². The Morgan fingerprint density at radius 2 is 1.61 bits per heavy atom. The molecular weight excluding hydrogens is 423 g/mol. The molecule has 3 rings (SSSR count). The Morgan fingerprint density at radius 3 is 2.27 bits per heavy atom. The fourth-order valence-electron chi connectivity index (χ4n) is 3.48. The lowest BCUT2D eigenvalue weighted by Gasteiger charge is -2.22. The average Bonchev–Trinajstić information content (AvgIpc) is 2.79. The molecule has 0 bridgehead atoms. The summed E-state index contributed by atoms with van der Waals surface area (Å²) in [4.78, 5) is 23.8. The Morgan fingerprint density at radius 1 is 0.939 bits per heavy atom. The maximum atomic E-state index is 13.9. The van der Waals surface area contributed by atoms with Crippen molar-refractivity contribution >= 4 is 23.4 Å². The number of para-hydroxylation sites is 1. The van der Waals surface area contributed by atoms with Crippen molar-refractivity contribution in [2.45, 2.75) is 38.7 Å². The second kappa shape index (κ2) is 11.1. The largest absolute Gasteiger partial charge is 0.484 e. The minimum absolute atomic E-state index is 0.0450. The number of carboxylic acids is 1. The summed E-state index contributed by atoms with van der Waals surface area (Å²) in [5, 5.41) is 14.4. The molecule has 0 saturated heterocycles.